The molecule has 0 spiro atoms. The minimum atomic E-state index is -3.30. The number of carbonyl (C=O) groups excluding carboxylic acids is 1. The third kappa shape index (κ3) is 3.55. The number of ether oxygens (including phenoxy) is 1. The summed E-state index contributed by atoms with van der Waals surface area (Å²) >= 11 is 6.17. The molecule has 0 saturated carbocycles. The molecule has 3 rings (SSSR count). The second-order valence-corrected chi connectivity index (χ2v) is 8.36. The Bertz CT molecular complexity index is 881. The summed E-state index contributed by atoms with van der Waals surface area (Å²) in [6, 6.07) is 10.8. The van der Waals surface area contributed by atoms with E-state index in [1.54, 1.807) is 12.1 Å². The van der Waals surface area contributed by atoms with Gasteiger partial charge in [0.25, 0.3) is 0 Å². The molecule has 0 bridgehead atoms. The molecule has 1 fully saturated rings. The van der Waals surface area contributed by atoms with Gasteiger partial charge in [-0.15, -0.1) is 0 Å². The molecule has 1 aliphatic heterocycles. The van der Waals surface area contributed by atoms with Crippen LogP contribution < -0.4 is 4.74 Å². The monoisotopic (exact) mass is 367 g/mol. The van der Waals surface area contributed by atoms with Gasteiger partial charge in [0, 0.05) is 28.9 Å². The summed E-state index contributed by atoms with van der Waals surface area (Å²) < 4.78 is 30.3. The SMILES string of the molecule is CS(=O)(=O)N1CCCC(C(=O)Oc2ccc(Cl)c3ccccc23)C1. The zero-order chi connectivity index (χ0) is 17.3. The molecule has 1 aliphatic rings. The van der Waals surface area contributed by atoms with Crippen molar-refractivity contribution in [3.63, 3.8) is 0 Å². The van der Waals surface area contributed by atoms with Gasteiger partial charge in [-0.05, 0) is 25.0 Å². The van der Waals surface area contributed by atoms with Crippen molar-refractivity contribution < 1.29 is 17.9 Å². The molecule has 2 aromatic carbocycles. The maximum absolute atomic E-state index is 12.5. The summed E-state index contributed by atoms with van der Waals surface area (Å²) in [6.07, 6.45) is 2.43. The number of hydrogen-bond acceptors (Lipinski definition) is 4. The van der Waals surface area contributed by atoms with Crippen LogP contribution in [0.5, 0.6) is 5.75 Å². The summed E-state index contributed by atoms with van der Waals surface area (Å²) in [5.41, 5.74) is 0. The highest BCUT2D eigenvalue weighted by Gasteiger charge is 2.31. The van der Waals surface area contributed by atoms with Crippen molar-refractivity contribution in [2.24, 2.45) is 5.92 Å². The Morgan fingerprint density at radius 1 is 1.21 bits per heavy atom. The third-order valence-corrected chi connectivity index (χ3v) is 5.83. The molecule has 1 saturated heterocycles. The number of halogens is 1. The molecule has 0 N–H and O–H groups in total. The molecule has 5 nitrogen and oxygen atoms in total. The number of sulfonamides is 1. The van der Waals surface area contributed by atoms with Crippen LogP contribution in [0.2, 0.25) is 5.02 Å². The zero-order valence-corrected chi connectivity index (χ0v) is 14.8. The highest BCUT2D eigenvalue weighted by molar-refractivity contribution is 7.88. The fraction of sp³-hybridized carbons (Fsp3) is 0.353. The molecular formula is C17H18ClNO4S. The van der Waals surface area contributed by atoms with Crippen LogP contribution in [-0.2, 0) is 14.8 Å². The van der Waals surface area contributed by atoms with Crippen molar-refractivity contribution in [1.29, 1.82) is 0 Å². The molecule has 7 heteroatoms. The van der Waals surface area contributed by atoms with Crippen LogP contribution in [-0.4, -0.2) is 38.0 Å². The number of nitrogens with zero attached hydrogens (tertiary/aromatic N) is 1. The average molecular weight is 368 g/mol. The van der Waals surface area contributed by atoms with Crippen LogP contribution >= 0.6 is 11.6 Å². The molecule has 0 aromatic heterocycles. The number of hydrogen-bond donors (Lipinski definition) is 0. The number of esters is 1. The normalized spacial score (nSPS) is 19.3. The molecular weight excluding hydrogens is 350 g/mol. The first-order valence-electron chi connectivity index (χ1n) is 7.70. The first-order valence-corrected chi connectivity index (χ1v) is 9.93. The first kappa shape index (κ1) is 17.2. The van der Waals surface area contributed by atoms with Crippen LogP contribution in [0, 0.1) is 5.92 Å². The predicted molar refractivity (Wildman–Crippen MR) is 93.7 cm³/mol. The fourth-order valence-electron chi connectivity index (χ4n) is 2.95. The number of rotatable bonds is 3. The molecule has 1 unspecified atom stereocenters. The lowest BCUT2D eigenvalue weighted by molar-refractivity contribution is -0.140. The number of fused-ring (bicyclic) bond motifs is 1. The van der Waals surface area contributed by atoms with E-state index in [1.807, 2.05) is 24.3 Å². The van der Waals surface area contributed by atoms with E-state index < -0.39 is 21.9 Å². The Morgan fingerprint density at radius 2 is 1.92 bits per heavy atom. The van der Waals surface area contributed by atoms with Crippen molar-refractivity contribution in [3.8, 4) is 5.75 Å². The summed E-state index contributed by atoms with van der Waals surface area (Å²) in [5, 5.41) is 2.16. The maximum atomic E-state index is 12.5. The molecule has 0 radical (unpaired) electrons. The average Bonchev–Trinajstić information content (AvgIpc) is 2.57. The minimum absolute atomic E-state index is 0.170. The van der Waals surface area contributed by atoms with Crippen LogP contribution in [0.1, 0.15) is 12.8 Å². The van der Waals surface area contributed by atoms with E-state index in [9.17, 15) is 13.2 Å². The largest absolute Gasteiger partial charge is 0.426 e. The number of piperidine rings is 1. The lowest BCUT2D eigenvalue weighted by Gasteiger charge is -2.29. The third-order valence-electron chi connectivity index (χ3n) is 4.23. The Morgan fingerprint density at radius 3 is 2.62 bits per heavy atom. The van der Waals surface area contributed by atoms with Gasteiger partial charge in [-0.3, -0.25) is 4.79 Å². The predicted octanol–water partition coefficient (Wildman–Crippen LogP) is 3.07. The van der Waals surface area contributed by atoms with Gasteiger partial charge in [-0.1, -0.05) is 35.9 Å². The highest BCUT2D eigenvalue weighted by atomic mass is 35.5. The van der Waals surface area contributed by atoms with Gasteiger partial charge in [-0.2, -0.15) is 0 Å². The van der Waals surface area contributed by atoms with Crippen molar-refractivity contribution >= 4 is 38.4 Å². The number of carbonyl (C=O) groups is 1. The van der Waals surface area contributed by atoms with Gasteiger partial charge >= 0.3 is 5.97 Å². The quantitative estimate of drug-likeness (QED) is 0.617. The van der Waals surface area contributed by atoms with Gasteiger partial charge in [0.05, 0.1) is 12.2 Å². The van der Waals surface area contributed by atoms with E-state index in [2.05, 4.69) is 0 Å². The minimum Gasteiger partial charge on any atom is -0.426 e. The Labute approximate surface area is 146 Å². The lowest BCUT2D eigenvalue weighted by Crippen LogP contribution is -2.42. The van der Waals surface area contributed by atoms with Crippen molar-refractivity contribution in [1.82, 2.24) is 4.31 Å². The summed E-state index contributed by atoms with van der Waals surface area (Å²) in [5.74, 6) is -0.421. The molecule has 2 aromatic rings. The molecule has 24 heavy (non-hydrogen) atoms. The molecule has 1 atom stereocenters. The maximum Gasteiger partial charge on any atom is 0.315 e. The van der Waals surface area contributed by atoms with Crippen molar-refractivity contribution in [2.75, 3.05) is 19.3 Å². The molecule has 0 aliphatic carbocycles. The summed E-state index contributed by atoms with van der Waals surface area (Å²) in [6.45, 7) is 0.621. The van der Waals surface area contributed by atoms with Crippen LogP contribution in [0.3, 0.4) is 0 Å². The molecule has 0 amide bonds. The van der Waals surface area contributed by atoms with Gasteiger partial charge in [0.1, 0.15) is 5.75 Å². The Kier molecular flexibility index (Phi) is 4.80. The van der Waals surface area contributed by atoms with Crippen LogP contribution in [0.4, 0.5) is 0 Å². The Hall–Kier alpha value is -1.63. The number of benzene rings is 2. The molecule has 1 heterocycles. The second kappa shape index (κ2) is 6.70. The van der Waals surface area contributed by atoms with Gasteiger partial charge in [0.2, 0.25) is 10.0 Å². The lowest BCUT2D eigenvalue weighted by atomic mass is 10.00. The van der Waals surface area contributed by atoms with Gasteiger partial charge in [-0.25, -0.2) is 12.7 Å². The first-order chi connectivity index (χ1) is 11.4. The van der Waals surface area contributed by atoms with E-state index in [-0.39, 0.29) is 6.54 Å². The van der Waals surface area contributed by atoms with Crippen molar-refractivity contribution in [2.45, 2.75) is 12.8 Å². The second-order valence-electron chi connectivity index (χ2n) is 5.97. The smallest absolute Gasteiger partial charge is 0.315 e. The van der Waals surface area contributed by atoms with E-state index in [0.29, 0.717) is 30.2 Å². The van der Waals surface area contributed by atoms with Crippen molar-refractivity contribution in [3.05, 3.63) is 41.4 Å². The van der Waals surface area contributed by atoms with Crippen LogP contribution in [0.15, 0.2) is 36.4 Å². The topological polar surface area (TPSA) is 63.7 Å². The highest BCUT2D eigenvalue weighted by Crippen LogP contribution is 2.32. The standard InChI is InChI=1S/C17H18ClNO4S/c1-24(21,22)19-10-4-5-12(11-19)17(20)23-16-9-8-15(18)13-6-2-3-7-14(13)16/h2-3,6-9,12H,4-5,10-11H2,1H3. The zero-order valence-electron chi connectivity index (χ0n) is 13.2. The van der Waals surface area contributed by atoms with E-state index in [4.69, 9.17) is 16.3 Å². The fourth-order valence-corrected chi connectivity index (χ4v) is 4.09. The van der Waals surface area contributed by atoms with Gasteiger partial charge in [0.15, 0.2) is 0 Å². The van der Waals surface area contributed by atoms with E-state index >= 15 is 0 Å². The van der Waals surface area contributed by atoms with Crippen LogP contribution in [0.25, 0.3) is 10.8 Å². The Balaban J connectivity index is 1.82. The van der Waals surface area contributed by atoms with E-state index in [0.717, 1.165) is 17.0 Å². The van der Waals surface area contributed by atoms with E-state index in [1.165, 1.54) is 4.31 Å². The summed E-state index contributed by atoms with van der Waals surface area (Å²) in [4.78, 5) is 12.5. The summed E-state index contributed by atoms with van der Waals surface area (Å²) in [7, 11) is -3.30. The molecule has 128 valence electrons. The van der Waals surface area contributed by atoms with Gasteiger partial charge < -0.3 is 4.74 Å².